The fraction of sp³-hybridized carbons (Fsp3) is 0.929. The van der Waals surface area contributed by atoms with E-state index in [1.807, 2.05) is 0 Å². The smallest absolute Gasteiger partial charge is 0.251 e. The van der Waals surface area contributed by atoms with E-state index < -0.39 is 0 Å². The van der Waals surface area contributed by atoms with E-state index >= 15 is 0 Å². The van der Waals surface area contributed by atoms with Gasteiger partial charge in [-0.2, -0.15) is 0 Å². The molecule has 1 spiro atoms. The molecule has 3 rings (SSSR count). The Morgan fingerprint density at radius 1 is 1.22 bits per heavy atom. The van der Waals surface area contributed by atoms with Crippen molar-refractivity contribution in [1.82, 2.24) is 10.2 Å². The van der Waals surface area contributed by atoms with Crippen LogP contribution in [0.2, 0.25) is 0 Å². The number of hydrogen-bond acceptors (Lipinski definition) is 3. The van der Waals surface area contributed by atoms with Crippen molar-refractivity contribution >= 4 is 5.91 Å². The Bertz CT molecular complexity index is 307. The highest BCUT2D eigenvalue weighted by atomic mass is 16.5. The van der Waals surface area contributed by atoms with Gasteiger partial charge < -0.3 is 15.0 Å². The van der Waals surface area contributed by atoms with Crippen LogP contribution in [0.4, 0.5) is 0 Å². The van der Waals surface area contributed by atoms with Crippen molar-refractivity contribution in [3.63, 3.8) is 0 Å². The molecule has 4 nitrogen and oxygen atoms in total. The molecule has 0 bridgehead atoms. The molecule has 3 aliphatic heterocycles. The third kappa shape index (κ3) is 2.41. The van der Waals surface area contributed by atoms with Gasteiger partial charge in [0.15, 0.2) is 0 Å². The SMILES string of the molecule is O=C(C1CCCCO1)N1CCC2(CCNCC2)C1. The number of carbonyl (C=O) groups excluding carboxylic acids is 1. The normalized spacial score (nSPS) is 31.8. The molecular weight excluding hydrogens is 228 g/mol. The number of amides is 1. The Balaban J connectivity index is 1.59. The summed E-state index contributed by atoms with van der Waals surface area (Å²) in [6.45, 7) is 4.90. The lowest BCUT2D eigenvalue weighted by Crippen LogP contribution is -2.43. The van der Waals surface area contributed by atoms with Crippen LogP contribution in [0, 0.1) is 5.41 Å². The van der Waals surface area contributed by atoms with E-state index in [-0.39, 0.29) is 12.0 Å². The summed E-state index contributed by atoms with van der Waals surface area (Å²) in [6.07, 6.45) is 6.66. The minimum Gasteiger partial charge on any atom is -0.368 e. The number of piperidine rings is 1. The van der Waals surface area contributed by atoms with Crippen LogP contribution < -0.4 is 5.32 Å². The second kappa shape index (κ2) is 5.17. The second-order valence-electron chi connectivity index (χ2n) is 6.12. The van der Waals surface area contributed by atoms with E-state index in [1.54, 1.807) is 0 Å². The predicted octanol–water partition coefficient (Wildman–Crippen LogP) is 1.16. The topological polar surface area (TPSA) is 41.6 Å². The zero-order valence-electron chi connectivity index (χ0n) is 11.1. The number of ether oxygens (including phenoxy) is 1. The van der Waals surface area contributed by atoms with Gasteiger partial charge in [-0.15, -0.1) is 0 Å². The van der Waals surface area contributed by atoms with Crippen LogP contribution in [0.1, 0.15) is 38.5 Å². The minimum atomic E-state index is -0.143. The number of carbonyl (C=O) groups is 1. The Hall–Kier alpha value is -0.610. The van der Waals surface area contributed by atoms with Crippen LogP contribution in [-0.4, -0.2) is 49.7 Å². The van der Waals surface area contributed by atoms with Gasteiger partial charge in [0.25, 0.3) is 5.91 Å². The van der Waals surface area contributed by atoms with Gasteiger partial charge in [-0.05, 0) is 57.0 Å². The van der Waals surface area contributed by atoms with E-state index in [1.165, 1.54) is 19.3 Å². The summed E-state index contributed by atoms with van der Waals surface area (Å²) in [6, 6.07) is 0. The van der Waals surface area contributed by atoms with Crippen molar-refractivity contribution in [2.45, 2.75) is 44.6 Å². The van der Waals surface area contributed by atoms with Crippen LogP contribution in [0.25, 0.3) is 0 Å². The summed E-state index contributed by atoms with van der Waals surface area (Å²) in [5.41, 5.74) is 0.412. The van der Waals surface area contributed by atoms with Crippen molar-refractivity contribution in [3.8, 4) is 0 Å². The third-order valence-corrected chi connectivity index (χ3v) is 4.87. The maximum atomic E-state index is 12.4. The molecule has 102 valence electrons. The molecule has 0 saturated carbocycles. The van der Waals surface area contributed by atoms with Gasteiger partial charge in [0.05, 0.1) is 0 Å². The summed E-state index contributed by atoms with van der Waals surface area (Å²) in [7, 11) is 0. The molecule has 1 unspecified atom stereocenters. The Morgan fingerprint density at radius 2 is 2.06 bits per heavy atom. The van der Waals surface area contributed by atoms with E-state index in [0.29, 0.717) is 5.41 Å². The van der Waals surface area contributed by atoms with Gasteiger partial charge in [0, 0.05) is 19.7 Å². The maximum Gasteiger partial charge on any atom is 0.251 e. The van der Waals surface area contributed by atoms with Crippen molar-refractivity contribution in [2.75, 3.05) is 32.8 Å². The standard InChI is InChI=1S/C14H24N2O2/c17-13(12-3-1-2-10-18-12)16-9-6-14(11-16)4-7-15-8-5-14/h12,15H,1-11H2. The Labute approximate surface area is 109 Å². The number of nitrogens with one attached hydrogen (secondary N) is 1. The molecule has 0 aromatic rings. The van der Waals surface area contributed by atoms with Crippen LogP contribution in [0.15, 0.2) is 0 Å². The zero-order valence-corrected chi connectivity index (χ0v) is 11.1. The first-order valence-electron chi connectivity index (χ1n) is 7.40. The van der Waals surface area contributed by atoms with Gasteiger partial charge in [-0.3, -0.25) is 4.79 Å². The van der Waals surface area contributed by atoms with Gasteiger partial charge in [-0.25, -0.2) is 0 Å². The molecule has 1 atom stereocenters. The number of likely N-dealkylation sites (tertiary alicyclic amines) is 1. The molecule has 0 aliphatic carbocycles. The fourth-order valence-electron chi connectivity index (χ4n) is 3.63. The lowest BCUT2D eigenvalue weighted by atomic mass is 9.78. The second-order valence-corrected chi connectivity index (χ2v) is 6.12. The summed E-state index contributed by atoms with van der Waals surface area (Å²) < 4.78 is 5.62. The van der Waals surface area contributed by atoms with E-state index in [4.69, 9.17) is 4.74 Å². The molecule has 1 amide bonds. The van der Waals surface area contributed by atoms with E-state index in [2.05, 4.69) is 10.2 Å². The highest BCUT2D eigenvalue weighted by molar-refractivity contribution is 5.81. The lowest BCUT2D eigenvalue weighted by Gasteiger charge is -2.34. The lowest BCUT2D eigenvalue weighted by molar-refractivity contribution is -0.145. The van der Waals surface area contributed by atoms with Gasteiger partial charge in [-0.1, -0.05) is 0 Å². The van der Waals surface area contributed by atoms with E-state index in [0.717, 1.165) is 52.0 Å². The fourth-order valence-corrected chi connectivity index (χ4v) is 3.63. The molecule has 0 radical (unpaired) electrons. The summed E-state index contributed by atoms with van der Waals surface area (Å²) in [5, 5.41) is 3.42. The molecular formula is C14H24N2O2. The average Bonchev–Trinajstić information content (AvgIpc) is 2.83. The summed E-state index contributed by atoms with van der Waals surface area (Å²) in [5.74, 6) is 0.255. The zero-order chi connectivity index (χ0) is 12.4. The number of nitrogens with zero attached hydrogens (tertiary/aromatic N) is 1. The maximum absolute atomic E-state index is 12.4. The van der Waals surface area contributed by atoms with Crippen molar-refractivity contribution in [1.29, 1.82) is 0 Å². The molecule has 0 aromatic heterocycles. The predicted molar refractivity (Wildman–Crippen MR) is 69.3 cm³/mol. The van der Waals surface area contributed by atoms with Crippen LogP contribution in [0.3, 0.4) is 0 Å². The van der Waals surface area contributed by atoms with Gasteiger partial charge in [0.2, 0.25) is 0 Å². The van der Waals surface area contributed by atoms with Crippen LogP contribution in [0.5, 0.6) is 0 Å². The van der Waals surface area contributed by atoms with Gasteiger partial charge in [0.1, 0.15) is 6.10 Å². The summed E-state index contributed by atoms with van der Waals surface area (Å²) in [4.78, 5) is 14.5. The number of hydrogen-bond donors (Lipinski definition) is 1. The largest absolute Gasteiger partial charge is 0.368 e. The Kier molecular flexibility index (Phi) is 3.57. The molecule has 4 heteroatoms. The van der Waals surface area contributed by atoms with Crippen molar-refractivity contribution < 1.29 is 9.53 Å². The molecule has 3 heterocycles. The molecule has 3 aliphatic rings. The molecule has 0 aromatic carbocycles. The monoisotopic (exact) mass is 252 g/mol. The average molecular weight is 252 g/mol. The first kappa shape index (κ1) is 12.4. The van der Waals surface area contributed by atoms with Crippen LogP contribution >= 0.6 is 0 Å². The molecule has 1 N–H and O–H groups in total. The molecule has 3 saturated heterocycles. The highest BCUT2D eigenvalue weighted by Crippen LogP contribution is 2.39. The minimum absolute atomic E-state index is 0.143. The van der Waals surface area contributed by atoms with E-state index in [9.17, 15) is 4.79 Å². The van der Waals surface area contributed by atoms with Crippen LogP contribution in [-0.2, 0) is 9.53 Å². The highest BCUT2D eigenvalue weighted by Gasteiger charge is 2.42. The van der Waals surface area contributed by atoms with Gasteiger partial charge >= 0.3 is 0 Å². The summed E-state index contributed by atoms with van der Waals surface area (Å²) >= 11 is 0. The quantitative estimate of drug-likeness (QED) is 0.761. The third-order valence-electron chi connectivity index (χ3n) is 4.87. The molecule has 18 heavy (non-hydrogen) atoms. The first-order valence-corrected chi connectivity index (χ1v) is 7.40. The Morgan fingerprint density at radius 3 is 2.78 bits per heavy atom. The van der Waals surface area contributed by atoms with Crippen molar-refractivity contribution in [3.05, 3.63) is 0 Å². The molecule has 3 fully saturated rings. The number of rotatable bonds is 1. The first-order chi connectivity index (χ1) is 8.79. The van der Waals surface area contributed by atoms with Crippen molar-refractivity contribution in [2.24, 2.45) is 5.41 Å².